The molecule has 0 fully saturated rings. The monoisotopic (exact) mass is 291 g/mol. The third-order valence-electron chi connectivity index (χ3n) is 3.14. The van der Waals surface area contributed by atoms with E-state index in [9.17, 15) is 4.79 Å². The first-order valence-electron chi connectivity index (χ1n) is 7.08. The zero-order chi connectivity index (χ0) is 14.5. The number of aromatic nitrogens is 1. The van der Waals surface area contributed by atoms with E-state index < -0.39 is 0 Å². The van der Waals surface area contributed by atoms with Crippen molar-refractivity contribution in [2.24, 2.45) is 0 Å². The summed E-state index contributed by atoms with van der Waals surface area (Å²) < 4.78 is 7.34. The van der Waals surface area contributed by atoms with E-state index in [0.717, 1.165) is 17.9 Å². The van der Waals surface area contributed by atoms with Crippen molar-refractivity contribution in [3.05, 3.63) is 30.5 Å². The Morgan fingerprint density at radius 3 is 2.80 bits per heavy atom. The molecule has 108 valence electrons. The largest absolute Gasteiger partial charge is 0.465 e. The highest BCUT2D eigenvalue weighted by Crippen LogP contribution is 2.33. The summed E-state index contributed by atoms with van der Waals surface area (Å²) in [6.45, 7) is 7.33. The van der Waals surface area contributed by atoms with Gasteiger partial charge in [-0.15, -0.1) is 11.8 Å². The molecule has 0 saturated heterocycles. The molecule has 0 aliphatic rings. The number of ether oxygens (including phenoxy) is 1. The third-order valence-corrected chi connectivity index (χ3v) is 4.26. The van der Waals surface area contributed by atoms with E-state index >= 15 is 0 Å². The minimum Gasteiger partial charge on any atom is -0.465 e. The highest BCUT2D eigenvalue weighted by molar-refractivity contribution is 8.00. The average molecular weight is 291 g/mol. The zero-order valence-electron chi connectivity index (χ0n) is 12.3. The third kappa shape index (κ3) is 3.18. The number of thioether (sulfide) groups is 1. The number of aryl methyl sites for hydroxylation is 1. The molecule has 1 atom stereocenters. The summed E-state index contributed by atoms with van der Waals surface area (Å²) in [4.78, 5) is 12.9. The highest BCUT2D eigenvalue weighted by atomic mass is 32.2. The first-order chi connectivity index (χ1) is 9.67. The van der Waals surface area contributed by atoms with Crippen LogP contribution in [0.5, 0.6) is 0 Å². The molecule has 20 heavy (non-hydrogen) atoms. The number of carbonyl (C=O) groups is 1. The van der Waals surface area contributed by atoms with Gasteiger partial charge < -0.3 is 9.30 Å². The molecule has 2 rings (SSSR count). The van der Waals surface area contributed by atoms with Crippen LogP contribution in [0.15, 0.2) is 35.4 Å². The van der Waals surface area contributed by atoms with Crippen LogP contribution in [0.3, 0.4) is 0 Å². The normalized spacial score (nSPS) is 12.6. The molecule has 3 nitrogen and oxygen atoms in total. The summed E-state index contributed by atoms with van der Waals surface area (Å²) >= 11 is 1.57. The van der Waals surface area contributed by atoms with Gasteiger partial charge in [0.05, 0.1) is 6.61 Å². The molecule has 0 N–H and O–H groups in total. The Morgan fingerprint density at radius 1 is 1.35 bits per heavy atom. The van der Waals surface area contributed by atoms with E-state index in [1.54, 1.807) is 11.8 Å². The van der Waals surface area contributed by atoms with E-state index in [0.29, 0.717) is 6.61 Å². The van der Waals surface area contributed by atoms with Crippen LogP contribution in [0.25, 0.3) is 10.9 Å². The van der Waals surface area contributed by atoms with E-state index in [2.05, 4.69) is 35.9 Å². The maximum absolute atomic E-state index is 11.8. The lowest BCUT2D eigenvalue weighted by Gasteiger charge is -2.09. The van der Waals surface area contributed by atoms with E-state index in [4.69, 9.17) is 4.74 Å². The number of carbonyl (C=O) groups excluding carboxylic acids is 1. The lowest BCUT2D eigenvalue weighted by molar-refractivity contribution is -0.142. The Hall–Kier alpha value is -1.42. The number of fused-ring (bicyclic) bond motifs is 1. The molecular formula is C16H21NO2S. The molecule has 0 saturated carbocycles. The zero-order valence-corrected chi connectivity index (χ0v) is 13.1. The van der Waals surface area contributed by atoms with Crippen molar-refractivity contribution in [2.75, 3.05) is 6.61 Å². The number of rotatable bonds is 6. The van der Waals surface area contributed by atoms with Gasteiger partial charge in [0.15, 0.2) is 0 Å². The Labute approximate surface area is 124 Å². The Kier molecular flexibility index (Phi) is 5.12. The minimum absolute atomic E-state index is 0.148. The minimum atomic E-state index is -0.184. The van der Waals surface area contributed by atoms with Crippen molar-refractivity contribution in [3.8, 4) is 0 Å². The van der Waals surface area contributed by atoms with Crippen molar-refractivity contribution < 1.29 is 9.53 Å². The highest BCUT2D eigenvalue weighted by Gasteiger charge is 2.18. The number of nitrogens with zero attached hydrogens (tertiary/aromatic N) is 1. The first-order valence-corrected chi connectivity index (χ1v) is 7.96. The molecule has 1 heterocycles. The summed E-state index contributed by atoms with van der Waals surface area (Å²) in [7, 11) is 0. The predicted molar refractivity (Wildman–Crippen MR) is 84.2 cm³/mol. The topological polar surface area (TPSA) is 31.2 Å². The molecule has 1 unspecified atom stereocenters. The Balaban J connectivity index is 2.27. The van der Waals surface area contributed by atoms with Crippen LogP contribution in [0.1, 0.15) is 27.2 Å². The smallest absolute Gasteiger partial charge is 0.319 e. The SMILES string of the molecule is CCCn1cc(SC(C)C(=O)OCC)c2ccccc21. The lowest BCUT2D eigenvalue weighted by atomic mass is 10.2. The second-order valence-electron chi connectivity index (χ2n) is 4.72. The second kappa shape index (κ2) is 6.84. The number of para-hydroxylation sites is 1. The van der Waals surface area contributed by atoms with Crippen molar-refractivity contribution in [3.63, 3.8) is 0 Å². The van der Waals surface area contributed by atoms with Crippen LogP contribution >= 0.6 is 11.8 Å². The van der Waals surface area contributed by atoms with E-state index in [1.165, 1.54) is 10.9 Å². The summed E-state index contributed by atoms with van der Waals surface area (Å²) in [5, 5.41) is 1.03. The maximum Gasteiger partial charge on any atom is 0.319 e. The maximum atomic E-state index is 11.8. The molecule has 0 spiro atoms. The molecule has 1 aromatic heterocycles. The summed E-state index contributed by atoms with van der Waals surface area (Å²) in [6.07, 6.45) is 3.24. The molecule has 1 aromatic carbocycles. The van der Waals surface area contributed by atoms with Gasteiger partial charge in [-0.1, -0.05) is 25.1 Å². The van der Waals surface area contributed by atoms with Crippen molar-refractivity contribution in [1.82, 2.24) is 4.57 Å². The van der Waals surface area contributed by atoms with Crippen LogP contribution in [-0.2, 0) is 16.1 Å². The summed E-state index contributed by atoms with van der Waals surface area (Å²) in [6, 6.07) is 8.33. The number of benzene rings is 1. The molecule has 0 aliphatic carbocycles. The fraction of sp³-hybridized carbons (Fsp3) is 0.438. The molecule has 0 amide bonds. The quantitative estimate of drug-likeness (QED) is 0.593. The molecule has 0 aliphatic heterocycles. The van der Waals surface area contributed by atoms with E-state index in [-0.39, 0.29) is 11.2 Å². The van der Waals surface area contributed by atoms with Crippen LogP contribution in [0, 0.1) is 0 Å². The molecular weight excluding hydrogens is 270 g/mol. The van der Waals surface area contributed by atoms with Gasteiger partial charge in [0.1, 0.15) is 5.25 Å². The average Bonchev–Trinajstić information content (AvgIpc) is 2.78. The van der Waals surface area contributed by atoms with Crippen LogP contribution < -0.4 is 0 Å². The fourth-order valence-electron chi connectivity index (χ4n) is 2.23. The Bertz CT molecular complexity index is 591. The van der Waals surface area contributed by atoms with Gasteiger partial charge in [-0.2, -0.15) is 0 Å². The van der Waals surface area contributed by atoms with Crippen LogP contribution in [0.4, 0.5) is 0 Å². The fourth-order valence-corrected chi connectivity index (χ4v) is 3.26. The van der Waals surface area contributed by atoms with Crippen molar-refractivity contribution in [1.29, 1.82) is 0 Å². The van der Waals surface area contributed by atoms with Gasteiger partial charge in [0.2, 0.25) is 0 Å². The van der Waals surface area contributed by atoms with Gasteiger partial charge in [-0.25, -0.2) is 0 Å². The second-order valence-corrected chi connectivity index (χ2v) is 6.10. The summed E-state index contributed by atoms with van der Waals surface area (Å²) in [5.41, 5.74) is 1.23. The van der Waals surface area contributed by atoms with Gasteiger partial charge in [0.25, 0.3) is 0 Å². The predicted octanol–water partition coefficient (Wildman–Crippen LogP) is 4.10. The number of esters is 1. The van der Waals surface area contributed by atoms with Gasteiger partial charge in [0, 0.05) is 28.5 Å². The van der Waals surface area contributed by atoms with Gasteiger partial charge >= 0.3 is 5.97 Å². The number of hydrogen-bond donors (Lipinski definition) is 0. The first kappa shape index (κ1) is 15.0. The van der Waals surface area contributed by atoms with Gasteiger partial charge in [-0.3, -0.25) is 4.79 Å². The van der Waals surface area contributed by atoms with Crippen LogP contribution in [0.2, 0.25) is 0 Å². The van der Waals surface area contributed by atoms with Crippen molar-refractivity contribution >= 4 is 28.6 Å². The summed E-state index contributed by atoms with van der Waals surface area (Å²) in [5.74, 6) is -0.148. The van der Waals surface area contributed by atoms with Gasteiger partial charge in [-0.05, 0) is 26.3 Å². The molecule has 2 aromatic rings. The van der Waals surface area contributed by atoms with E-state index in [1.807, 2.05) is 19.9 Å². The lowest BCUT2D eigenvalue weighted by Crippen LogP contribution is -2.16. The standard InChI is InChI=1S/C16H21NO2S/c1-4-10-17-11-15(13-8-6-7-9-14(13)17)20-12(3)16(18)19-5-2/h6-9,11-12H,4-5,10H2,1-3H3. The van der Waals surface area contributed by atoms with Crippen molar-refractivity contribution in [2.45, 2.75) is 43.9 Å². The van der Waals surface area contributed by atoms with Crippen LogP contribution in [-0.4, -0.2) is 22.4 Å². The molecule has 0 radical (unpaired) electrons. The molecule has 0 bridgehead atoms. The molecule has 4 heteroatoms. The Morgan fingerprint density at radius 2 is 2.10 bits per heavy atom. The number of hydrogen-bond acceptors (Lipinski definition) is 3.